The van der Waals surface area contributed by atoms with Crippen molar-refractivity contribution in [3.63, 3.8) is 0 Å². The summed E-state index contributed by atoms with van der Waals surface area (Å²) in [5.41, 5.74) is 10.7. The maximum atomic E-state index is 6.23. The quantitative estimate of drug-likeness (QED) is 0.521. The van der Waals surface area contributed by atoms with Crippen molar-refractivity contribution in [3.8, 4) is 0 Å². The molecule has 1 heterocycles. The fourth-order valence-electron chi connectivity index (χ4n) is 2.42. The van der Waals surface area contributed by atoms with Gasteiger partial charge in [-0.1, -0.05) is 60.6 Å². The molecule has 3 nitrogen and oxygen atoms in total. The van der Waals surface area contributed by atoms with Gasteiger partial charge >= 0.3 is 0 Å². The largest absolute Gasteiger partial charge is 0.398 e. The minimum absolute atomic E-state index is 0.587. The number of aromatic nitrogens is 1. The third-order valence-corrected chi connectivity index (χ3v) is 4.16. The molecule has 4 heteroatoms. The molecule has 0 spiro atoms. The number of hydrogen-bond donors (Lipinski definition) is 1. The van der Waals surface area contributed by atoms with Crippen molar-refractivity contribution in [1.29, 1.82) is 0 Å². The highest BCUT2D eigenvalue weighted by molar-refractivity contribution is 6.31. The van der Waals surface area contributed by atoms with Crippen LogP contribution in [0.2, 0.25) is 5.02 Å². The van der Waals surface area contributed by atoms with Crippen LogP contribution in [-0.2, 0) is 6.42 Å². The Morgan fingerprint density at radius 3 is 2.60 bits per heavy atom. The SMILES string of the molecule is C=C(/N=C\c1ccccc1N)c1cccc(Cc2ccccc2Cl)n1. The molecule has 1 aromatic heterocycles. The summed E-state index contributed by atoms with van der Waals surface area (Å²) >= 11 is 6.23. The van der Waals surface area contributed by atoms with E-state index in [0.717, 1.165) is 27.5 Å². The number of nitrogens with two attached hydrogens (primary N) is 1. The molecule has 124 valence electrons. The van der Waals surface area contributed by atoms with E-state index in [4.69, 9.17) is 17.3 Å². The summed E-state index contributed by atoms with van der Waals surface area (Å²) in [5.74, 6) is 0. The van der Waals surface area contributed by atoms with Crippen LogP contribution in [0, 0.1) is 0 Å². The first-order chi connectivity index (χ1) is 12.1. The number of aliphatic imine (C=N–C) groups is 1. The number of pyridine rings is 1. The number of halogens is 1. The van der Waals surface area contributed by atoms with Gasteiger partial charge in [0.05, 0.1) is 11.4 Å². The van der Waals surface area contributed by atoms with Crippen molar-refractivity contribution in [3.05, 3.63) is 101 Å². The van der Waals surface area contributed by atoms with Gasteiger partial charge in [-0.3, -0.25) is 9.98 Å². The Labute approximate surface area is 152 Å². The van der Waals surface area contributed by atoms with Crippen LogP contribution in [0.25, 0.3) is 5.70 Å². The number of benzene rings is 2. The molecule has 2 aromatic carbocycles. The first kappa shape index (κ1) is 16.9. The van der Waals surface area contributed by atoms with Crippen LogP contribution in [0.1, 0.15) is 22.5 Å². The van der Waals surface area contributed by atoms with E-state index in [9.17, 15) is 0 Å². The van der Waals surface area contributed by atoms with Gasteiger partial charge in [0.2, 0.25) is 0 Å². The fraction of sp³-hybridized carbons (Fsp3) is 0.0476. The molecule has 0 saturated heterocycles. The van der Waals surface area contributed by atoms with Crippen molar-refractivity contribution in [2.24, 2.45) is 4.99 Å². The zero-order valence-electron chi connectivity index (χ0n) is 13.7. The molecular weight excluding hydrogens is 330 g/mol. The number of para-hydroxylation sites is 1. The molecule has 25 heavy (non-hydrogen) atoms. The second-order valence-corrected chi connectivity index (χ2v) is 6.02. The van der Waals surface area contributed by atoms with Gasteiger partial charge in [-0.15, -0.1) is 0 Å². The summed E-state index contributed by atoms with van der Waals surface area (Å²) in [7, 11) is 0. The zero-order valence-corrected chi connectivity index (χ0v) is 14.4. The lowest BCUT2D eigenvalue weighted by Crippen LogP contribution is -1.97. The second kappa shape index (κ2) is 7.77. The first-order valence-electron chi connectivity index (χ1n) is 7.90. The van der Waals surface area contributed by atoms with Crippen molar-refractivity contribution >= 4 is 29.2 Å². The van der Waals surface area contributed by atoms with Gasteiger partial charge in [0.1, 0.15) is 0 Å². The fourth-order valence-corrected chi connectivity index (χ4v) is 2.62. The first-order valence-corrected chi connectivity index (χ1v) is 8.28. The summed E-state index contributed by atoms with van der Waals surface area (Å²) in [6.07, 6.45) is 2.37. The van der Waals surface area contributed by atoms with Crippen LogP contribution in [0.15, 0.2) is 78.3 Å². The van der Waals surface area contributed by atoms with Gasteiger partial charge in [-0.2, -0.15) is 0 Å². The monoisotopic (exact) mass is 347 g/mol. The third-order valence-electron chi connectivity index (χ3n) is 3.79. The average Bonchev–Trinajstić information content (AvgIpc) is 2.63. The number of nitrogen functional groups attached to an aromatic ring is 1. The summed E-state index contributed by atoms with van der Waals surface area (Å²) in [5, 5.41) is 0.742. The average molecular weight is 348 g/mol. The van der Waals surface area contributed by atoms with Crippen LogP contribution < -0.4 is 5.73 Å². The highest BCUT2D eigenvalue weighted by atomic mass is 35.5. The number of rotatable bonds is 5. The Bertz CT molecular complexity index is 932. The second-order valence-electron chi connectivity index (χ2n) is 5.62. The predicted octanol–water partition coefficient (Wildman–Crippen LogP) is 5.00. The normalized spacial score (nSPS) is 10.9. The molecule has 3 rings (SSSR count). The molecule has 0 unspecified atom stereocenters. The molecule has 0 aliphatic heterocycles. The molecule has 0 atom stereocenters. The molecule has 0 amide bonds. The number of anilines is 1. The van der Waals surface area contributed by atoms with Gasteiger partial charge in [-0.05, 0) is 29.8 Å². The number of nitrogens with zero attached hydrogens (tertiary/aromatic N) is 2. The maximum absolute atomic E-state index is 6.23. The van der Waals surface area contributed by atoms with Crippen molar-refractivity contribution in [1.82, 2.24) is 4.98 Å². The molecule has 0 radical (unpaired) electrons. The zero-order chi connectivity index (χ0) is 17.6. The Morgan fingerprint density at radius 2 is 1.80 bits per heavy atom. The lowest BCUT2D eigenvalue weighted by molar-refractivity contribution is 1.06. The Hall–Kier alpha value is -2.91. The van der Waals surface area contributed by atoms with E-state index < -0.39 is 0 Å². The van der Waals surface area contributed by atoms with Crippen LogP contribution in [0.5, 0.6) is 0 Å². The smallest absolute Gasteiger partial charge is 0.0883 e. The van der Waals surface area contributed by atoms with Gasteiger partial charge in [-0.25, -0.2) is 0 Å². The van der Waals surface area contributed by atoms with Gasteiger partial charge in [0, 0.05) is 34.6 Å². The molecular formula is C21H18ClN3. The van der Waals surface area contributed by atoms with Gasteiger partial charge in [0.25, 0.3) is 0 Å². The molecule has 3 aromatic rings. The standard InChI is InChI=1S/C21H18ClN3/c1-15(24-14-17-8-3-5-11-20(17)23)21-12-6-9-18(25-21)13-16-7-2-4-10-19(16)22/h2-12,14H,1,13,23H2/b24-14-. The summed E-state index contributed by atoms with van der Waals surface area (Å²) < 4.78 is 0. The van der Waals surface area contributed by atoms with Crippen molar-refractivity contribution in [2.75, 3.05) is 5.73 Å². The molecule has 0 saturated carbocycles. The minimum atomic E-state index is 0.587. The van der Waals surface area contributed by atoms with Crippen molar-refractivity contribution in [2.45, 2.75) is 6.42 Å². The highest BCUT2D eigenvalue weighted by Crippen LogP contribution is 2.19. The maximum Gasteiger partial charge on any atom is 0.0883 e. The predicted molar refractivity (Wildman–Crippen MR) is 106 cm³/mol. The van der Waals surface area contributed by atoms with E-state index >= 15 is 0 Å². The van der Waals surface area contributed by atoms with E-state index in [-0.39, 0.29) is 0 Å². The van der Waals surface area contributed by atoms with Crippen LogP contribution in [0.3, 0.4) is 0 Å². The van der Waals surface area contributed by atoms with E-state index in [1.807, 2.05) is 66.7 Å². The molecule has 2 N–H and O–H groups in total. The van der Waals surface area contributed by atoms with Gasteiger partial charge in [0.15, 0.2) is 0 Å². The lowest BCUT2D eigenvalue weighted by atomic mass is 10.1. The highest BCUT2D eigenvalue weighted by Gasteiger charge is 2.05. The topological polar surface area (TPSA) is 51.3 Å². The molecule has 0 aliphatic rings. The van der Waals surface area contributed by atoms with Crippen LogP contribution in [0.4, 0.5) is 5.69 Å². The van der Waals surface area contributed by atoms with Crippen LogP contribution >= 0.6 is 11.6 Å². The van der Waals surface area contributed by atoms with E-state index in [1.54, 1.807) is 6.21 Å². The lowest BCUT2D eigenvalue weighted by Gasteiger charge is -2.06. The number of hydrogen-bond acceptors (Lipinski definition) is 3. The molecule has 0 bridgehead atoms. The van der Waals surface area contributed by atoms with E-state index in [2.05, 4.69) is 16.6 Å². The van der Waals surface area contributed by atoms with Crippen molar-refractivity contribution < 1.29 is 0 Å². The Kier molecular flexibility index (Phi) is 5.26. The van der Waals surface area contributed by atoms with Gasteiger partial charge < -0.3 is 5.73 Å². The third kappa shape index (κ3) is 4.34. The van der Waals surface area contributed by atoms with E-state index in [1.165, 1.54) is 0 Å². The Balaban J connectivity index is 1.78. The molecule has 0 fully saturated rings. The minimum Gasteiger partial charge on any atom is -0.398 e. The summed E-state index contributed by atoms with van der Waals surface area (Å²) in [6, 6.07) is 21.1. The van der Waals surface area contributed by atoms with Crippen LogP contribution in [-0.4, -0.2) is 11.2 Å². The van der Waals surface area contributed by atoms with E-state index in [0.29, 0.717) is 17.8 Å². The molecule has 0 aliphatic carbocycles. The Morgan fingerprint density at radius 1 is 1.04 bits per heavy atom. The summed E-state index contributed by atoms with van der Waals surface area (Å²) in [4.78, 5) is 9.04. The summed E-state index contributed by atoms with van der Waals surface area (Å²) in [6.45, 7) is 4.01.